The second-order valence-electron chi connectivity index (χ2n) is 5.46. The standard InChI is InChI=1S/C18H20ClNO5/c19-14-6-7-15(13(8-14)10-21)17(23)16(22)9-20-18(24)25-11-12-4-2-1-3-5-12/h1-8,16-17,21-23H,9-11H2,(H,20,24). The molecule has 4 N–H and O–H groups in total. The maximum atomic E-state index is 11.7. The molecule has 0 fully saturated rings. The predicted octanol–water partition coefficient (Wildman–Crippen LogP) is 2.15. The van der Waals surface area contributed by atoms with Crippen molar-refractivity contribution in [3.63, 3.8) is 0 Å². The Morgan fingerprint density at radius 1 is 1.16 bits per heavy atom. The second-order valence-corrected chi connectivity index (χ2v) is 5.89. The number of aliphatic hydroxyl groups excluding tert-OH is 3. The Morgan fingerprint density at radius 3 is 2.56 bits per heavy atom. The molecular formula is C18H20ClNO5. The van der Waals surface area contributed by atoms with Gasteiger partial charge < -0.3 is 25.4 Å². The van der Waals surface area contributed by atoms with Gasteiger partial charge in [0.25, 0.3) is 0 Å². The van der Waals surface area contributed by atoms with E-state index < -0.39 is 18.3 Å². The normalized spacial score (nSPS) is 13.1. The van der Waals surface area contributed by atoms with Crippen molar-refractivity contribution >= 4 is 17.7 Å². The van der Waals surface area contributed by atoms with Crippen molar-refractivity contribution in [1.82, 2.24) is 5.32 Å². The number of nitrogens with one attached hydrogen (secondary N) is 1. The lowest BCUT2D eigenvalue weighted by molar-refractivity contribution is 0.0173. The summed E-state index contributed by atoms with van der Waals surface area (Å²) in [5.41, 5.74) is 1.59. The highest BCUT2D eigenvalue weighted by Gasteiger charge is 2.22. The third-order valence-corrected chi connectivity index (χ3v) is 3.86. The molecule has 6 nitrogen and oxygen atoms in total. The zero-order valence-corrected chi connectivity index (χ0v) is 14.2. The molecule has 0 aromatic heterocycles. The lowest BCUT2D eigenvalue weighted by Gasteiger charge is -2.21. The number of alkyl carbamates (subject to hydrolysis) is 1. The number of carbonyl (C=O) groups excluding carboxylic acids is 1. The van der Waals surface area contributed by atoms with Crippen molar-refractivity contribution in [2.75, 3.05) is 6.54 Å². The molecule has 0 aliphatic carbocycles. The molecule has 0 bridgehead atoms. The third kappa shape index (κ3) is 5.72. The molecule has 0 aliphatic heterocycles. The molecule has 25 heavy (non-hydrogen) atoms. The van der Waals surface area contributed by atoms with E-state index >= 15 is 0 Å². The molecule has 2 atom stereocenters. The summed E-state index contributed by atoms with van der Waals surface area (Å²) >= 11 is 5.84. The number of ether oxygens (including phenoxy) is 1. The Morgan fingerprint density at radius 2 is 1.88 bits per heavy atom. The number of hydrogen-bond donors (Lipinski definition) is 4. The third-order valence-electron chi connectivity index (χ3n) is 3.63. The summed E-state index contributed by atoms with van der Waals surface area (Å²) in [6.07, 6.45) is -3.25. The van der Waals surface area contributed by atoms with Gasteiger partial charge in [-0.1, -0.05) is 48.0 Å². The highest BCUT2D eigenvalue weighted by molar-refractivity contribution is 6.30. The molecule has 0 heterocycles. The van der Waals surface area contributed by atoms with Gasteiger partial charge in [0.15, 0.2) is 0 Å². The Bertz CT molecular complexity index is 695. The van der Waals surface area contributed by atoms with Crippen molar-refractivity contribution in [2.45, 2.75) is 25.4 Å². The number of hydrogen-bond acceptors (Lipinski definition) is 5. The van der Waals surface area contributed by atoms with Crippen molar-refractivity contribution in [1.29, 1.82) is 0 Å². The predicted molar refractivity (Wildman–Crippen MR) is 93.0 cm³/mol. The molecule has 0 saturated carbocycles. The van der Waals surface area contributed by atoms with E-state index in [0.29, 0.717) is 16.1 Å². The first kappa shape index (κ1) is 19.2. The largest absolute Gasteiger partial charge is 0.445 e. The molecule has 0 aliphatic rings. The van der Waals surface area contributed by atoms with Crippen molar-refractivity contribution in [2.24, 2.45) is 0 Å². The fourth-order valence-corrected chi connectivity index (χ4v) is 2.48. The van der Waals surface area contributed by atoms with Gasteiger partial charge in [0, 0.05) is 11.6 Å². The maximum Gasteiger partial charge on any atom is 0.407 e. The summed E-state index contributed by atoms with van der Waals surface area (Å²) in [5.74, 6) is 0. The highest BCUT2D eigenvalue weighted by atomic mass is 35.5. The summed E-state index contributed by atoms with van der Waals surface area (Å²) < 4.78 is 5.02. The van der Waals surface area contributed by atoms with Crippen molar-refractivity contribution in [3.8, 4) is 0 Å². The van der Waals surface area contributed by atoms with Crippen LogP contribution in [0.3, 0.4) is 0 Å². The molecule has 7 heteroatoms. The van der Waals surface area contributed by atoms with Gasteiger partial charge in [0.1, 0.15) is 18.8 Å². The van der Waals surface area contributed by atoms with E-state index in [9.17, 15) is 20.1 Å². The lowest BCUT2D eigenvalue weighted by Crippen LogP contribution is -2.36. The molecule has 1 amide bonds. The minimum absolute atomic E-state index is 0.108. The van der Waals surface area contributed by atoms with Crippen LogP contribution in [0.4, 0.5) is 4.79 Å². The molecule has 0 saturated heterocycles. The fourth-order valence-electron chi connectivity index (χ4n) is 2.28. The first-order valence-corrected chi connectivity index (χ1v) is 8.09. The molecular weight excluding hydrogens is 346 g/mol. The average molecular weight is 366 g/mol. The number of amides is 1. The summed E-state index contributed by atoms with van der Waals surface area (Å²) in [6.45, 7) is -0.425. The monoisotopic (exact) mass is 365 g/mol. The van der Waals surface area contributed by atoms with E-state index in [0.717, 1.165) is 5.56 Å². The van der Waals surface area contributed by atoms with Crippen LogP contribution in [0.2, 0.25) is 5.02 Å². The fraction of sp³-hybridized carbons (Fsp3) is 0.278. The van der Waals surface area contributed by atoms with E-state index in [1.165, 1.54) is 12.1 Å². The quantitative estimate of drug-likeness (QED) is 0.602. The van der Waals surface area contributed by atoms with Gasteiger partial charge in [-0.05, 0) is 28.8 Å². The van der Waals surface area contributed by atoms with Gasteiger partial charge >= 0.3 is 6.09 Å². The van der Waals surface area contributed by atoms with Gasteiger partial charge in [0.05, 0.1) is 6.61 Å². The highest BCUT2D eigenvalue weighted by Crippen LogP contribution is 2.24. The zero-order chi connectivity index (χ0) is 18.2. The molecule has 2 aromatic carbocycles. The summed E-state index contributed by atoms with van der Waals surface area (Å²) in [7, 11) is 0. The minimum Gasteiger partial charge on any atom is -0.445 e. The van der Waals surface area contributed by atoms with Crippen LogP contribution in [-0.4, -0.2) is 34.1 Å². The van der Waals surface area contributed by atoms with E-state index in [4.69, 9.17) is 16.3 Å². The molecule has 2 rings (SSSR count). The van der Waals surface area contributed by atoms with Crippen LogP contribution in [0, 0.1) is 0 Å². The number of aliphatic hydroxyl groups is 3. The topological polar surface area (TPSA) is 99.0 Å². The van der Waals surface area contributed by atoms with Crippen LogP contribution in [0.5, 0.6) is 0 Å². The van der Waals surface area contributed by atoms with Crippen LogP contribution in [0.25, 0.3) is 0 Å². The van der Waals surface area contributed by atoms with Crippen molar-refractivity contribution < 1.29 is 24.9 Å². The van der Waals surface area contributed by atoms with E-state index in [2.05, 4.69) is 5.32 Å². The molecule has 2 aromatic rings. The Kier molecular flexibility index (Phi) is 7.21. The SMILES string of the molecule is O=C(NCC(O)C(O)c1ccc(Cl)cc1CO)OCc1ccccc1. The Labute approximate surface area is 150 Å². The van der Waals surface area contributed by atoms with Crippen LogP contribution in [0.1, 0.15) is 22.8 Å². The van der Waals surface area contributed by atoms with Gasteiger partial charge in [-0.3, -0.25) is 0 Å². The number of benzene rings is 2. The zero-order valence-electron chi connectivity index (χ0n) is 13.4. The Balaban J connectivity index is 1.84. The molecule has 0 spiro atoms. The average Bonchev–Trinajstić information content (AvgIpc) is 2.64. The first-order valence-electron chi connectivity index (χ1n) is 7.71. The van der Waals surface area contributed by atoms with Crippen LogP contribution in [-0.2, 0) is 18.0 Å². The van der Waals surface area contributed by atoms with Crippen LogP contribution >= 0.6 is 11.6 Å². The maximum absolute atomic E-state index is 11.7. The number of carbonyl (C=O) groups is 1. The van der Waals surface area contributed by atoms with E-state index in [-0.39, 0.29) is 19.8 Å². The molecule has 134 valence electrons. The van der Waals surface area contributed by atoms with Crippen molar-refractivity contribution in [3.05, 3.63) is 70.2 Å². The van der Waals surface area contributed by atoms with Crippen LogP contribution < -0.4 is 5.32 Å². The van der Waals surface area contributed by atoms with Crippen LogP contribution in [0.15, 0.2) is 48.5 Å². The number of rotatable bonds is 7. The van der Waals surface area contributed by atoms with E-state index in [1.54, 1.807) is 6.07 Å². The van der Waals surface area contributed by atoms with Gasteiger partial charge in [-0.15, -0.1) is 0 Å². The smallest absolute Gasteiger partial charge is 0.407 e. The Hall–Kier alpha value is -2.12. The molecule has 0 radical (unpaired) electrons. The van der Waals surface area contributed by atoms with Gasteiger partial charge in [-0.2, -0.15) is 0 Å². The second kappa shape index (κ2) is 9.39. The van der Waals surface area contributed by atoms with Gasteiger partial charge in [0.2, 0.25) is 0 Å². The summed E-state index contributed by atoms with van der Waals surface area (Å²) in [4.78, 5) is 11.7. The van der Waals surface area contributed by atoms with Gasteiger partial charge in [-0.25, -0.2) is 4.79 Å². The van der Waals surface area contributed by atoms with E-state index in [1.807, 2.05) is 30.3 Å². The first-order chi connectivity index (χ1) is 12.0. The minimum atomic E-state index is -1.28. The summed E-state index contributed by atoms with van der Waals surface area (Å²) in [5, 5.41) is 32.4. The number of halogens is 1. The summed E-state index contributed by atoms with van der Waals surface area (Å²) in [6, 6.07) is 13.8. The molecule has 2 unspecified atom stereocenters. The lowest BCUT2D eigenvalue weighted by atomic mass is 9.99.